The van der Waals surface area contributed by atoms with E-state index in [4.69, 9.17) is 10.5 Å². The highest BCUT2D eigenvalue weighted by atomic mass is 16.5. The molecule has 0 amide bonds. The highest BCUT2D eigenvalue weighted by molar-refractivity contribution is 5.67. The third-order valence-corrected chi connectivity index (χ3v) is 4.27. The fraction of sp³-hybridized carbons (Fsp3) is 0.733. The van der Waals surface area contributed by atoms with E-state index in [1.54, 1.807) is 7.11 Å². The van der Waals surface area contributed by atoms with Crippen LogP contribution in [0.15, 0.2) is 6.33 Å². The molecule has 1 aromatic heterocycles. The number of methoxy groups -OCH3 is 1. The smallest absolute Gasteiger partial charge is 0.242 e. The maximum absolute atomic E-state index is 6.10. The van der Waals surface area contributed by atoms with Crippen molar-refractivity contribution in [3.63, 3.8) is 0 Å². The summed E-state index contributed by atoms with van der Waals surface area (Å²) in [5.74, 6) is 2.02. The molecule has 5 nitrogen and oxygen atoms in total. The Morgan fingerprint density at radius 1 is 1.25 bits per heavy atom. The monoisotopic (exact) mass is 278 g/mol. The minimum absolute atomic E-state index is 0.366. The van der Waals surface area contributed by atoms with E-state index in [1.807, 2.05) is 0 Å². The largest absolute Gasteiger partial charge is 0.479 e. The molecule has 1 aliphatic rings. The van der Waals surface area contributed by atoms with Gasteiger partial charge in [0.1, 0.15) is 12.0 Å². The average molecular weight is 278 g/mol. The van der Waals surface area contributed by atoms with Gasteiger partial charge in [-0.15, -0.1) is 0 Å². The number of nitrogen functional groups attached to an aromatic ring is 1. The zero-order valence-corrected chi connectivity index (χ0v) is 13.0. The van der Waals surface area contributed by atoms with Crippen molar-refractivity contribution in [2.45, 2.75) is 40.0 Å². The van der Waals surface area contributed by atoms with Crippen LogP contribution < -0.4 is 15.4 Å². The average Bonchev–Trinajstić information content (AvgIpc) is 2.64. The summed E-state index contributed by atoms with van der Waals surface area (Å²) in [4.78, 5) is 10.7. The van der Waals surface area contributed by atoms with E-state index >= 15 is 0 Å². The summed E-state index contributed by atoms with van der Waals surface area (Å²) in [7, 11) is 1.58. The number of ether oxygens (including phenoxy) is 1. The summed E-state index contributed by atoms with van der Waals surface area (Å²) in [6.07, 6.45) is 5.14. The molecule has 0 aliphatic carbocycles. The molecule has 0 radical (unpaired) electrons. The van der Waals surface area contributed by atoms with Crippen LogP contribution in [-0.4, -0.2) is 30.2 Å². The van der Waals surface area contributed by atoms with Crippen LogP contribution in [0.1, 0.15) is 40.0 Å². The maximum atomic E-state index is 6.10. The van der Waals surface area contributed by atoms with Gasteiger partial charge in [-0.05, 0) is 30.6 Å². The van der Waals surface area contributed by atoms with Crippen molar-refractivity contribution in [3.8, 4) is 5.88 Å². The van der Waals surface area contributed by atoms with E-state index in [0.717, 1.165) is 24.8 Å². The first kappa shape index (κ1) is 14.9. The predicted octanol–water partition coefficient (Wildman–Crippen LogP) is 2.72. The predicted molar refractivity (Wildman–Crippen MR) is 82.0 cm³/mol. The molecular formula is C15H26N4O. The summed E-state index contributed by atoms with van der Waals surface area (Å²) < 4.78 is 5.18. The molecule has 2 rings (SSSR count). The molecule has 0 saturated carbocycles. The Hall–Kier alpha value is -1.52. The van der Waals surface area contributed by atoms with Gasteiger partial charge < -0.3 is 15.4 Å². The van der Waals surface area contributed by atoms with Crippen LogP contribution in [0.4, 0.5) is 11.5 Å². The van der Waals surface area contributed by atoms with Gasteiger partial charge in [-0.3, -0.25) is 0 Å². The summed E-state index contributed by atoms with van der Waals surface area (Å²) in [5.41, 5.74) is 7.02. The molecule has 2 N–H and O–H groups in total. The SMILES string of the molecule is COc1ncnc(N2CCCC(C(C)(C)C)CC2)c1N. The Labute approximate surface area is 121 Å². The molecule has 1 aliphatic heterocycles. The van der Waals surface area contributed by atoms with Crippen LogP contribution in [0.3, 0.4) is 0 Å². The molecule has 112 valence electrons. The maximum Gasteiger partial charge on any atom is 0.242 e. The second kappa shape index (κ2) is 5.85. The lowest BCUT2D eigenvalue weighted by atomic mass is 9.77. The van der Waals surface area contributed by atoms with E-state index in [2.05, 4.69) is 35.6 Å². The number of rotatable bonds is 2. The van der Waals surface area contributed by atoms with Gasteiger partial charge in [-0.25, -0.2) is 4.98 Å². The Morgan fingerprint density at radius 3 is 2.65 bits per heavy atom. The van der Waals surface area contributed by atoms with Crippen molar-refractivity contribution in [1.29, 1.82) is 0 Å². The van der Waals surface area contributed by atoms with Crippen molar-refractivity contribution >= 4 is 11.5 Å². The molecule has 20 heavy (non-hydrogen) atoms. The Balaban J connectivity index is 2.15. The van der Waals surface area contributed by atoms with Gasteiger partial charge in [0.15, 0.2) is 5.82 Å². The number of anilines is 2. The van der Waals surface area contributed by atoms with Gasteiger partial charge in [0.25, 0.3) is 0 Å². The Kier molecular flexibility index (Phi) is 4.35. The lowest BCUT2D eigenvalue weighted by Crippen LogP contribution is -2.27. The first-order valence-corrected chi connectivity index (χ1v) is 7.33. The summed E-state index contributed by atoms with van der Waals surface area (Å²) >= 11 is 0. The molecule has 1 saturated heterocycles. The number of nitrogens with zero attached hydrogens (tertiary/aromatic N) is 3. The van der Waals surface area contributed by atoms with E-state index < -0.39 is 0 Å². The van der Waals surface area contributed by atoms with E-state index in [-0.39, 0.29) is 0 Å². The first-order chi connectivity index (χ1) is 9.43. The van der Waals surface area contributed by atoms with E-state index in [9.17, 15) is 0 Å². The second-order valence-electron chi connectivity index (χ2n) is 6.60. The number of nitrogens with two attached hydrogens (primary N) is 1. The van der Waals surface area contributed by atoms with E-state index in [1.165, 1.54) is 25.6 Å². The van der Waals surface area contributed by atoms with Crippen molar-refractivity contribution < 1.29 is 4.74 Å². The minimum Gasteiger partial charge on any atom is -0.479 e. The van der Waals surface area contributed by atoms with Gasteiger partial charge in [0.2, 0.25) is 5.88 Å². The Bertz CT molecular complexity index is 456. The molecule has 1 aromatic rings. The zero-order chi connectivity index (χ0) is 14.8. The van der Waals surface area contributed by atoms with Crippen LogP contribution in [0.5, 0.6) is 5.88 Å². The Morgan fingerprint density at radius 2 is 2.00 bits per heavy atom. The van der Waals surface area contributed by atoms with Gasteiger partial charge in [-0.1, -0.05) is 20.8 Å². The first-order valence-electron chi connectivity index (χ1n) is 7.33. The van der Waals surface area contributed by atoms with Crippen molar-refractivity contribution in [2.75, 3.05) is 30.8 Å². The number of hydrogen-bond acceptors (Lipinski definition) is 5. The standard InChI is InChI=1S/C15H26N4O/c1-15(2,3)11-6-5-8-19(9-7-11)13-12(16)14(20-4)18-10-17-13/h10-11H,5-9,16H2,1-4H3. The topological polar surface area (TPSA) is 64.3 Å². The molecular weight excluding hydrogens is 252 g/mol. The quantitative estimate of drug-likeness (QED) is 0.901. The molecule has 2 heterocycles. The van der Waals surface area contributed by atoms with Crippen LogP contribution in [-0.2, 0) is 0 Å². The van der Waals surface area contributed by atoms with Crippen LogP contribution in [0.25, 0.3) is 0 Å². The van der Waals surface area contributed by atoms with Crippen LogP contribution >= 0.6 is 0 Å². The highest BCUT2D eigenvalue weighted by Gasteiger charge is 2.28. The molecule has 0 spiro atoms. The van der Waals surface area contributed by atoms with Crippen molar-refractivity contribution in [1.82, 2.24) is 9.97 Å². The van der Waals surface area contributed by atoms with Crippen molar-refractivity contribution in [3.05, 3.63) is 6.33 Å². The fourth-order valence-corrected chi connectivity index (χ4v) is 2.96. The molecule has 1 fully saturated rings. The lowest BCUT2D eigenvalue weighted by molar-refractivity contribution is 0.220. The number of hydrogen-bond donors (Lipinski definition) is 1. The second-order valence-corrected chi connectivity index (χ2v) is 6.60. The number of aromatic nitrogens is 2. The van der Waals surface area contributed by atoms with Gasteiger partial charge >= 0.3 is 0 Å². The zero-order valence-electron chi connectivity index (χ0n) is 13.0. The summed E-state index contributed by atoms with van der Waals surface area (Å²) in [6, 6.07) is 0. The third-order valence-electron chi connectivity index (χ3n) is 4.27. The normalized spacial score (nSPS) is 20.6. The summed E-state index contributed by atoms with van der Waals surface area (Å²) in [5, 5.41) is 0. The van der Waals surface area contributed by atoms with Gasteiger partial charge in [0.05, 0.1) is 7.11 Å². The highest BCUT2D eigenvalue weighted by Crippen LogP contribution is 2.36. The molecule has 1 unspecified atom stereocenters. The molecule has 5 heteroatoms. The molecule has 0 bridgehead atoms. The van der Waals surface area contributed by atoms with Gasteiger partial charge in [-0.2, -0.15) is 4.98 Å². The molecule has 0 aromatic carbocycles. The fourth-order valence-electron chi connectivity index (χ4n) is 2.96. The summed E-state index contributed by atoms with van der Waals surface area (Å²) in [6.45, 7) is 8.98. The van der Waals surface area contributed by atoms with Crippen LogP contribution in [0, 0.1) is 11.3 Å². The van der Waals surface area contributed by atoms with Gasteiger partial charge in [0, 0.05) is 13.1 Å². The third kappa shape index (κ3) is 3.14. The van der Waals surface area contributed by atoms with Crippen molar-refractivity contribution in [2.24, 2.45) is 11.3 Å². The lowest BCUT2D eigenvalue weighted by Gasteiger charge is -2.30. The minimum atomic E-state index is 0.366. The van der Waals surface area contributed by atoms with E-state index in [0.29, 0.717) is 17.0 Å². The van der Waals surface area contributed by atoms with Crippen LogP contribution in [0.2, 0.25) is 0 Å². The molecule has 1 atom stereocenters.